The van der Waals surface area contributed by atoms with Crippen LogP contribution in [0.3, 0.4) is 0 Å². The van der Waals surface area contributed by atoms with Crippen molar-refractivity contribution < 1.29 is 9.53 Å². The highest BCUT2D eigenvalue weighted by atomic mass is 35.5. The minimum Gasteiger partial charge on any atom is -0.495 e. The Morgan fingerprint density at radius 3 is 2.82 bits per heavy atom. The summed E-state index contributed by atoms with van der Waals surface area (Å²) < 4.78 is 5.14. The van der Waals surface area contributed by atoms with Gasteiger partial charge in [0.1, 0.15) is 16.5 Å². The number of hydrogen-bond acceptors (Lipinski definition) is 4. The van der Waals surface area contributed by atoms with Gasteiger partial charge in [-0.15, -0.1) is 11.3 Å². The average molecular weight is 268 g/mol. The first-order chi connectivity index (χ1) is 8.15. The van der Waals surface area contributed by atoms with Crippen LogP contribution < -0.4 is 4.74 Å². The summed E-state index contributed by atoms with van der Waals surface area (Å²) in [6.45, 7) is 1.95. The van der Waals surface area contributed by atoms with Crippen molar-refractivity contribution in [3.63, 3.8) is 0 Å². The molecule has 0 aliphatic rings. The molecule has 17 heavy (non-hydrogen) atoms. The SMILES string of the molecule is COc1cc(C)c(-c2nc(C=O)cs2)cc1Cl. The van der Waals surface area contributed by atoms with Crippen molar-refractivity contribution in [3.8, 4) is 16.3 Å². The number of halogens is 1. The van der Waals surface area contributed by atoms with Crippen LogP contribution in [-0.4, -0.2) is 18.4 Å². The normalized spacial score (nSPS) is 10.3. The minimum absolute atomic E-state index is 0.441. The molecular formula is C12H10ClNO2S. The molecule has 0 atom stereocenters. The van der Waals surface area contributed by atoms with Gasteiger partial charge in [0, 0.05) is 10.9 Å². The van der Waals surface area contributed by atoms with Crippen molar-refractivity contribution in [2.24, 2.45) is 0 Å². The van der Waals surface area contributed by atoms with Crippen LogP contribution in [0.1, 0.15) is 16.1 Å². The molecule has 2 rings (SSSR count). The smallest absolute Gasteiger partial charge is 0.169 e. The van der Waals surface area contributed by atoms with E-state index in [1.807, 2.05) is 19.1 Å². The van der Waals surface area contributed by atoms with E-state index in [9.17, 15) is 4.79 Å². The Kier molecular flexibility index (Phi) is 3.45. The van der Waals surface area contributed by atoms with Gasteiger partial charge in [0.2, 0.25) is 0 Å². The molecule has 0 aliphatic carbocycles. The van der Waals surface area contributed by atoms with Crippen molar-refractivity contribution in [1.82, 2.24) is 4.98 Å². The van der Waals surface area contributed by atoms with Crippen molar-refractivity contribution >= 4 is 29.2 Å². The fourth-order valence-electron chi connectivity index (χ4n) is 1.51. The first-order valence-electron chi connectivity index (χ1n) is 4.91. The first-order valence-corrected chi connectivity index (χ1v) is 6.16. The van der Waals surface area contributed by atoms with E-state index < -0.39 is 0 Å². The van der Waals surface area contributed by atoms with Gasteiger partial charge in [0.15, 0.2) is 6.29 Å². The highest BCUT2D eigenvalue weighted by Crippen LogP contribution is 2.34. The van der Waals surface area contributed by atoms with Gasteiger partial charge in [-0.2, -0.15) is 0 Å². The molecule has 1 aromatic carbocycles. The maximum absolute atomic E-state index is 10.6. The molecule has 0 N–H and O–H groups in total. The summed E-state index contributed by atoms with van der Waals surface area (Å²) in [6.07, 6.45) is 0.737. The predicted octanol–water partition coefficient (Wildman–Crippen LogP) is 3.59. The van der Waals surface area contributed by atoms with E-state index in [0.717, 1.165) is 22.4 Å². The van der Waals surface area contributed by atoms with E-state index in [-0.39, 0.29) is 0 Å². The maximum Gasteiger partial charge on any atom is 0.169 e. The van der Waals surface area contributed by atoms with Crippen LogP contribution in [0.25, 0.3) is 10.6 Å². The Hall–Kier alpha value is -1.39. The number of aryl methyl sites for hydroxylation is 1. The lowest BCUT2D eigenvalue weighted by Crippen LogP contribution is -1.89. The van der Waals surface area contributed by atoms with Crippen LogP contribution in [0.2, 0.25) is 5.02 Å². The third-order valence-electron chi connectivity index (χ3n) is 2.37. The Balaban J connectivity index is 2.52. The highest BCUT2D eigenvalue weighted by Gasteiger charge is 2.11. The average Bonchev–Trinajstić information content (AvgIpc) is 2.80. The number of aldehydes is 1. The van der Waals surface area contributed by atoms with Crippen LogP contribution >= 0.6 is 22.9 Å². The number of benzene rings is 1. The number of carbonyl (C=O) groups is 1. The fraction of sp³-hybridized carbons (Fsp3) is 0.167. The topological polar surface area (TPSA) is 39.2 Å². The third kappa shape index (κ3) is 2.33. The van der Waals surface area contributed by atoms with Gasteiger partial charge in [0.05, 0.1) is 12.1 Å². The Bertz CT molecular complexity index is 566. The number of rotatable bonds is 3. The van der Waals surface area contributed by atoms with E-state index in [1.54, 1.807) is 12.5 Å². The van der Waals surface area contributed by atoms with Gasteiger partial charge in [0.25, 0.3) is 0 Å². The van der Waals surface area contributed by atoms with Gasteiger partial charge in [-0.05, 0) is 24.6 Å². The molecule has 88 valence electrons. The Morgan fingerprint density at radius 1 is 1.47 bits per heavy atom. The molecule has 0 spiro atoms. The van der Waals surface area contributed by atoms with E-state index >= 15 is 0 Å². The van der Waals surface area contributed by atoms with Crippen molar-refractivity contribution in [3.05, 3.63) is 33.8 Å². The number of ether oxygens (including phenoxy) is 1. The van der Waals surface area contributed by atoms with E-state index in [0.29, 0.717) is 16.5 Å². The molecule has 0 unspecified atom stereocenters. The first kappa shape index (κ1) is 12.1. The van der Waals surface area contributed by atoms with E-state index in [2.05, 4.69) is 4.98 Å². The third-order valence-corrected chi connectivity index (χ3v) is 3.56. The van der Waals surface area contributed by atoms with E-state index in [4.69, 9.17) is 16.3 Å². The van der Waals surface area contributed by atoms with Gasteiger partial charge >= 0.3 is 0 Å². The zero-order valence-corrected chi connectivity index (χ0v) is 10.9. The summed E-state index contributed by atoms with van der Waals surface area (Å²) in [6, 6.07) is 3.67. The number of carbonyl (C=O) groups excluding carboxylic acids is 1. The molecule has 0 bridgehead atoms. The van der Waals surface area contributed by atoms with Gasteiger partial charge < -0.3 is 4.74 Å². The van der Waals surface area contributed by atoms with Crippen LogP contribution in [-0.2, 0) is 0 Å². The van der Waals surface area contributed by atoms with Crippen LogP contribution in [0, 0.1) is 6.92 Å². The second kappa shape index (κ2) is 4.85. The zero-order valence-electron chi connectivity index (χ0n) is 9.36. The van der Waals surface area contributed by atoms with Crippen molar-refractivity contribution in [1.29, 1.82) is 0 Å². The second-order valence-electron chi connectivity index (χ2n) is 3.50. The lowest BCUT2D eigenvalue weighted by Gasteiger charge is -2.07. The molecule has 2 aromatic rings. The summed E-state index contributed by atoms with van der Waals surface area (Å²) in [7, 11) is 1.58. The molecule has 0 amide bonds. The highest BCUT2D eigenvalue weighted by molar-refractivity contribution is 7.13. The molecule has 5 heteroatoms. The van der Waals surface area contributed by atoms with Crippen LogP contribution in [0.5, 0.6) is 5.75 Å². The molecule has 0 radical (unpaired) electrons. The lowest BCUT2D eigenvalue weighted by molar-refractivity contribution is 0.111. The molecule has 1 aromatic heterocycles. The fourth-order valence-corrected chi connectivity index (χ4v) is 2.59. The Morgan fingerprint density at radius 2 is 2.24 bits per heavy atom. The summed E-state index contributed by atoms with van der Waals surface area (Å²) in [5, 5.41) is 3.05. The molecule has 1 heterocycles. The number of thiazole rings is 1. The number of aromatic nitrogens is 1. The summed E-state index contributed by atoms with van der Waals surface area (Å²) in [5.74, 6) is 0.639. The zero-order chi connectivity index (χ0) is 12.4. The summed E-state index contributed by atoms with van der Waals surface area (Å²) in [5.41, 5.74) is 2.38. The molecule has 0 aliphatic heterocycles. The Labute approximate surface area is 108 Å². The van der Waals surface area contributed by atoms with Gasteiger partial charge in [-0.25, -0.2) is 4.98 Å². The minimum atomic E-state index is 0.441. The van der Waals surface area contributed by atoms with Crippen LogP contribution in [0.15, 0.2) is 17.5 Å². The summed E-state index contributed by atoms with van der Waals surface area (Å²) in [4.78, 5) is 14.8. The predicted molar refractivity (Wildman–Crippen MR) is 69.2 cm³/mol. The van der Waals surface area contributed by atoms with Crippen molar-refractivity contribution in [2.45, 2.75) is 6.92 Å². The lowest BCUT2D eigenvalue weighted by atomic mass is 10.1. The number of hydrogen-bond donors (Lipinski definition) is 0. The number of methoxy groups -OCH3 is 1. The van der Waals surface area contributed by atoms with Gasteiger partial charge in [-0.3, -0.25) is 4.79 Å². The quantitative estimate of drug-likeness (QED) is 0.798. The monoisotopic (exact) mass is 267 g/mol. The van der Waals surface area contributed by atoms with E-state index in [1.165, 1.54) is 11.3 Å². The standard InChI is InChI=1S/C12H10ClNO2S/c1-7-3-11(16-2)10(13)4-9(7)12-14-8(5-15)6-17-12/h3-6H,1-2H3. The molecule has 0 saturated heterocycles. The molecule has 0 saturated carbocycles. The molecule has 0 fully saturated rings. The maximum atomic E-state index is 10.6. The second-order valence-corrected chi connectivity index (χ2v) is 4.76. The number of nitrogens with zero attached hydrogens (tertiary/aromatic N) is 1. The summed E-state index contributed by atoms with van der Waals surface area (Å²) >= 11 is 7.50. The van der Waals surface area contributed by atoms with Crippen LogP contribution in [0.4, 0.5) is 0 Å². The molecular weight excluding hydrogens is 258 g/mol. The van der Waals surface area contributed by atoms with Gasteiger partial charge in [-0.1, -0.05) is 11.6 Å². The van der Waals surface area contributed by atoms with Crippen molar-refractivity contribution in [2.75, 3.05) is 7.11 Å². The largest absolute Gasteiger partial charge is 0.495 e. The molecule has 3 nitrogen and oxygen atoms in total.